The van der Waals surface area contributed by atoms with Crippen molar-refractivity contribution in [2.75, 3.05) is 0 Å². The van der Waals surface area contributed by atoms with Gasteiger partial charge < -0.3 is 10.2 Å². The molecule has 0 amide bonds. The van der Waals surface area contributed by atoms with Crippen molar-refractivity contribution < 1.29 is 15.0 Å². The van der Waals surface area contributed by atoms with Crippen molar-refractivity contribution in [3.63, 3.8) is 0 Å². The van der Waals surface area contributed by atoms with Gasteiger partial charge in [-0.25, -0.2) is 0 Å². The zero-order chi connectivity index (χ0) is 18.0. The second kappa shape index (κ2) is 6.05. The van der Waals surface area contributed by atoms with Crippen molar-refractivity contribution in [1.82, 2.24) is 0 Å². The van der Waals surface area contributed by atoms with Crippen LogP contribution in [0.1, 0.15) is 78.6 Å². The maximum absolute atomic E-state index is 12.3. The molecule has 4 aliphatic carbocycles. The van der Waals surface area contributed by atoms with Gasteiger partial charge in [-0.15, -0.1) is 0 Å². The summed E-state index contributed by atoms with van der Waals surface area (Å²) in [5.74, 6) is 2.54. The van der Waals surface area contributed by atoms with Crippen LogP contribution in [0.3, 0.4) is 0 Å². The fourth-order valence-corrected chi connectivity index (χ4v) is 8.23. The Kier molecular flexibility index (Phi) is 4.35. The predicted octanol–water partition coefficient (Wildman–Crippen LogP) is 3.96. The van der Waals surface area contributed by atoms with Crippen molar-refractivity contribution in [1.29, 1.82) is 0 Å². The summed E-state index contributed by atoms with van der Waals surface area (Å²) in [7, 11) is 0. The maximum Gasteiger partial charge on any atom is 0.133 e. The summed E-state index contributed by atoms with van der Waals surface area (Å²) in [5, 5.41) is 21.5. The molecule has 2 N–H and O–H groups in total. The summed E-state index contributed by atoms with van der Waals surface area (Å²) in [6, 6.07) is 0. The number of carbonyl (C=O) groups is 1. The molecule has 25 heavy (non-hydrogen) atoms. The van der Waals surface area contributed by atoms with Crippen LogP contribution in [0.5, 0.6) is 0 Å². The first kappa shape index (κ1) is 18.0. The quantitative estimate of drug-likeness (QED) is 0.754. The monoisotopic (exact) mass is 348 g/mol. The van der Waals surface area contributed by atoms with E-state index in [9.17, 15) is 15.0 Å². The molecule has 4 aliphatic rings. The molecule has 3 heteroatoms. The molecule has 0 bridgehead atoms. The number of aliphatic hydroxyl groups excluding tert-OH is 2. The predicted molar refractivity (Wildman–Crippen MR) is 97.9 cm³/mol. The van der Waals surface area contributed by atoms with Crippen LogP contribution in [0.25, 0.3) is 0 Å². The van der Waals surface area contributed by atoms with Crippen molar-refractivity contribution in [2.45, 2.75) is 90.8 Å². The molecule has 0 saturated heterocycles. The van der Waals surface area contributed by atoms with Crippen LogP contribution in [0.2, 0.25) is 0 Å². The summed E-state index contributed by atoms with van der Waals surface area (Å²) < 4.78 is 0. The highest BCUT2D eigenvalue weighted by Gasteiger charge is 2.62. The van der Waals surface area contributed by atoms with Crippen molar-refractivity contribution >= 4 is 5.78 Å². The van der Waals surface area contributed by atoms with E-state index in [1.165, 1.54) is 19.3 Å². The molecule has 9 atom stereocenters. The molecule has 0 aliphatic heterocycles. The molecule has 4 saturated carbocycles. The molecule has 0 aromatic heterocycles. The molecule has 3 nitrogen and oxygen atoms in total. The first-order valence-electron chi connectivity index (χ1n) is 10.6. The Morgan fingerprint density at radius 1 is 1.00 bits per heavy atom. The maximum atomic E-state index is 12.3. The molecule has 4 fully saturated rings. The van der Waals surface area contributed by atoms with Gasteiger partial charge >= 0.3 is 0 Å². The van der Waals surface area contributed by atoms with Gasteiger partial charge in [-0.3, -0.25) is 4.79 Å². The average Bonchev–Trinajstić information content (AvgIpc) is 2.79. The fourth-order valence-electron chi connectivity index (χ4n) is 8.23. The van der Waals surface area contributed by atoms with Gasteiger partial charge in [0, 0.05) is 5.92 Å². The number of carbonyl (C=O) groups excluding carboxylic acids is 1. The third-order valence-electron chi connectivity index (χ3n) is 9.30. The molecule has 4 rings (SSSR count). The van der Waals surface area contributed by atoms with Crippen LogP contribution >= 0.6 is 0 Å². The van der Waals surface area contributed by atoms with Gasteiger partial charge in [0.25, 0.3) is 0 Å². The minimum Gasteiger partial charge on any atom is -0.393 e. The smallest absolute Gasteiger partial charge is 0.133 e. The normalized spacial score (nSPS) is 55.6. The Labute approximate surface area is 152 Å². The van der Waals surface area contributed by atoms with E-state index >= 15 is 0 Å². The van der Waals surface area contributed by atoms with Crippen LogP contribution in [-0.2, 0) is 4.79 Å². The highest BCUT2D eigenvalue weighted by atomic mass is 16.3. The van der Waals surface area contributed by atoms with Crippen LogP contribution in [-0.4, -0.2) is 28.2 Å². The van der Waals surface area contributed by atoms with Crippen LogP contribution < -0.4 is 0 Å². The third kappa shape index (κ3) is 2.56. The van der Waals surface area contributed by atoms with E-state index in [0.29, 0.717) is 29.5 Å². The van der Waals surface area contributed by atoms with Gasteiger partial charge in [0.05, 0.1) is 12.2 Å². The third-order valence-corrected chi connectivity index (χ3v) is 9.30. The zero-order valence-electron chi connectivity index (χ0n) is 16.2. The molecule has 142 valence electrons. The second-order valence-electron chi connectivity index (χ2n) is 10.4. The summed E-state index contributed by atoms with van der Waals surface area (Å²) in [6.07, 6.45) is 9.04. The summed E-state index contributed by atoms with van der Waals surface area (Å²) in [4.78, 5) is 12.3. The molecule has 0 spiro atoms. The first-order valence-corrected chi connectivity index (χ1v) is 10.6. The van der Waals surface area contributed by atoms with E-state index in [-0.39, 0.29) is 29.0 Å². The van der Waals surface area contributed by atoms with Gasteiger partial charge in [-0.1, -0.05) is 20.3 Å². The van der Waals surface area contributed by atoms with E-state index in [1.807, 2.05) is 0 Å². The highest BCUT2D eigenvalue weighted by molar-refractivity contribution is 5.79. The molecule has 9 unspecified atom stereocenters. The lowest BCUT2D eigenvalue weighted by atomic mass is 9.48. The van der Waals surface area contributed by atoms with Gasteiger partial charge in [0.1, 0.15) is 5.78 Å². The Morgan fingerprint density at radius 3 is 2.48 bits per heavy atom. The molecule has 0 radical (unpaired) electrons. The van der Waals surface area contributed by atoms with Gasteiger partial charge in [-0.2, -0.15) is 0 Å². The van der Waals surface area contributed by atoms with E-state index in [1.54, 1.807) is 6.92 Å². The zero-order valence-corrected chi connectivity index (χ0v) is 16.2. The molecule has 0 aromatic carbocycles. The standard InChI is InChI=1S/C22H36O3/c1-13(23)17-7-8-18-16-6-4-5-14-11-15(24)9-10-21(14,2)20(16)19(25)12-22(17,18)3/h14-20,24-25H,4-12H2,1-3H3. The summed E-state index contributed by atoms with van der Waals surface area (Å²) >= 11 is 0. The molecular formula is C22H36O3. The first-order chi connectivity index (χ1) is 11.8. The Balaban J connectivity index is 1.70. The Bertz CT molecular complexity index is 545. The molecular weight excluding hydrogens is 312 g/mol. The van der Waals surface area contributed by atoms with Crippen LogP contribution in [0.15, 0.2) is 0 Å². The van der Waals surface area contributed by atoms with Gasteiger partial charge in [-0.05, 0) is 92.8 Å². The average molecular weight is 349 g/mol. The Hall–Kier alpha value is -0.410. The summed E-state index contributed by atoms with van der Waals surface area (Å²) in [6.45, 7) is 6.46. The lowest BCUT2D eigenvalue weighted by Gasteiger charge is -2.58. The number of ketones is 1. The number of hydrogen-bond acceptors (Lipinski definition) is 3. The lowest BCUT2D eigenvalue weighted by Crippen LogP contribution is -2.56. The van der Waals surface area contributed by atoms with Crippen LogP contribution in [0, 0.1) is 40.4 Å². The minimum absolute atomic E-state index is 0.00318. The van der Waals surface area contributed by atoms with E-state index in [2.05, 4.69) is 13.8 Å². The fraction of sp³-hybridized carbons (Fsp3) is 0.955. The number of fused-ring (bicyclic) bond motifs is 5. The van der Waals surface area contributed by atoms with E-state index in [4.69, 9.17) is 0 Å². The van der Waals surface area contributed by atoms with Crippen molar-refractivity contribution in [2.24, 2.45) is 40.4 Å². The van der Waals surface area contributed by atoms with Crippen molar-refractivity contribution in [3.05, 3.63) is 0 Å². The van der Waals surface area contributed by atoms with Crippen LogP contribution in [0.4, 0.5) is 0 Å². The molecule has 0 heterocycles. The van der Waals surface area contributed by atoms with Crippen molar-refractivity contribution in [3.8, 4) is 0 Å². The van der Waals surface area contributed by atoms with Gasteiger partial charge in [0.2, 0.25) is 0 Å². The number of aliphatic hydroxyl groups is 2. The lowest BCUT2D eigenvalue weighted by molar-refractivity contribution is -0.151. The highest BCUT2D eigenvalue weighted by Crippen LogP contribution is 2.66. The minimum atomic E-state index is -0.285. The number of rotatable bonds is 1. The summed E-state index contributed by atoms with van der Waals surface area (Å²) in [5.41, 5.74) is 0.159. The number of hydrogen-bond donors (Lipinski definition) is 2. The van der Waals surface area contributed by atoms with E-state index in [0.717, 1.165) is 38.5 Å². The van der Waals surface area contributed by atoms with Gasteiger partial charge in [0.15, 0.2) is 0 Å². The Morgan fingerprint density at radius 2 is 1.76 bits per heavy atom. The number of Topliss-reactive ketones (excluding diaryl/α,β-unsaturated/α-hetero) is 1. The largest absolute Gasteiger partial charge is 0.393 e. The second-order valence-corrected chi connectivity index (χ2v) is 10.4. The van der Waals surface area contributed by atoms with E-state index < -0.39 is 0 Å². The SMILES string of the molecule is CC(=O)C1CCC2C3CCCC4CC(O)CCC4(C)C3C(O)CC12C. The molecule has 0 aromatic rings. The topological polar surface area (TPSA) is 57.5 Å².